The summed E-state index contributed by atoms with van der Waals surface area (Å²) in [6, 6.07) is -0.921. The van der Waals surface area contributed by atoms with Crippen LogP contribution in [-0.2, 0) is 4.79 Å². The van der Waals surface area contributed by atoms with Crippen LogP contribution in [0.2, 0.25) is 0 Å². The maximum Gasteiger partial charge on any atom is 0.321 e. The molecule has 0 amide bonds. The standard InChI is InChI=1S/C7H11NO2/c1-3-5(4-2)6(8)7(9)10/h1,5-6H,4,8H2,2H3,(H,9,10)/t5-,6-/m0/s1. The van der Waals surface area contributed by atoms with Crippen LogP contribution in [0, 0.1) is 18.3 Å². The second-order valence-electron chi connectivity index (χ2n) is 2.05. The van der Waals surface area contributed by atoms with E-state index >= 15 is 0 Å². The topological polar surface area (TPSA) is 63.3 Å². The van der Waals surface area contributed by atoms with Gasteiger partial charge in [-0.2, -0.15) is 0 Å². The van der Waals surface area contributed by atoms with Crippen molar-refractivity contribution in [1.29, 1.82) is 0 Å². The van der Waals surface area contributed by atoms with Crippen LogP contribution in [0.3, 0.4) is 0 Å². The Hall–Kier alpha value is -1.01. The van der Waals surface area contributed by atoms with Gasteiger partial charge in [0.1, 0.15) is 6.04 Å². The van der Waals surface area contributed by atoms with E-state index in [-0.39, 0.29) is 5.92 Å². The molecular formula is C7H11NO2. The third-order valence-corrected chi connectivity index (χ3v) is 1.37. The molecule has 0 aromatic rings. The lowest BCUT2D eigenvalue weighted by atomic mass is 9.99. The molecule has 0 spiro atoms. The highest BCUT2D eigenvalue weighted by atomic mass is 16.4. The third kappa shape index (κ3) is 2.08. The highest BCUT2D eigenvalue weighted by Crippen LogP contribution is 2.04. The van der Waals surface area contributed by atoms with Crippen molar-refractivity contribution in [2.45, 2.75) is 19.4 Å². The molecule has 0 aliphatic heterocycles. The van der Waals surface area contributed by atoms with E-state index in [1.54, 1.807) is 0 Å². The van der Waals surface area contributed by atoms with Crippen LogP contribution in [0.1, 0.15) is 13.3 Å². The monoisotopic (exact) mass is 141 g/mol. The van der Waals surface area contributed by atoms with Crippen LogP contribution < -0.4 is 5.73 Å². The number of carboxylic acid groups (broad SMARTS) is 1. The van der Waals surface area contributed by atoms with Crippen molar-refractivity contribution in [3.8, 4) is 12.3 Å². The lowest BCUT2D eigenvalue weighted by Crippen LogP contribution is -2.36. The average molecular weight is 141 g/mol. The van der Waals surface area contributed by atoms with Gasteiger partial charge in [0.25, 0.3) is 0 Å². The highest BCUT2D eigenvalue weighted by Gasteiger charge is 2.19. The van der Waals surface area contributed by atoms with E-state index in [0.717, 1.165) is 0 Å². The van der Waals surface area contributed by atoms with Gasteiger partial charge in [-0.3, -0.25) is 4.79 Å². The number of hydrogen-bond donors (Lipinski definition) is 2. The number of rotatable bonds is 3. The first kappa shape index (κ1) is 8.99. The molecule has 0 aliphatic carbocycles. The Morgan fingerprint density at radius 3 is 2.50 bits per heavy atom. The summed E-state index contributed by atoms with van der Waals surface area (Å²) in [6.45, 7) is 1.81. The van der Waals surface area contributed by atoms with E-state index < -0.39 is 12.0 Å². The van der Waals surface area contributed by atoms with Gasteiger partial charge < -0.3 is 10.8 Å². The summed E-state index contributed by atoms with van der Waals surface area (Å²) in [6.07, 6.45) is 5.63. The van der Waals surface area contributed by atoms with E-state index in [2.05, 4.69) is 5.92 Å². The Bertz CT molecular complexity index is 159. The SMILES string of the molecule is C#C[C@@H](CC)[C@H](N)C(=O)O. The van der Waals surface area contributed by atoms with Crippen molar-refractivity contribution in [3.05, 3.63) is 0 Å². The van der Waals surface area contributed by atoms with Crippen molar-refractivity contribution in [3.63, 3.8) is 0 Å². The Kier molecular flexibility index (Phi) is 3.52. The van der Waals surface area contributed by atoms with E-state index in [1.807, 2.05) is 6.92 Å². The molecule has 10 heavy (non-hydrogen) atoms. The van der Waals surface area contributed by atoms with E-state index in [0.29, 0.717) is 6.42 Å². The van der Waals surface area contributed by atoms with E-state index in [1.165, 1.54) is 0 Å². The summed E-state index contributed by atoms with van der Waals surface area (Å²) in [4.78, 5) is 10.2. The quantitative estimate of drug-likeness (QED) is 0.546. The van der Waals surface area contributed by atoms with Crippen molar-refractivity contribution in [1.82, 2.24) is 0 Å². The molecule has 2 atom stereocenters. The minimum Gasteiger partial charge on any atom is -0.480 e. The lowest BCUT2D eigenvalue weighted by Gasteiger charge is -2.11. The summed E-state index contributed by atoms with van der Waals surface area (Å²) in [5, 5.41) is 8.39. The van der Waals surface area contributed by atoms with Crippen LogP contribution in [-0.4, -0.2) is 17.1 Å². The van der Waals surface area contributed by atoms with Gasteiger partial charge >= 0.3 is 5.97 Å². The second kappa shape index (κ2) is 3.91. The van der Waals surface area contributed by atoms with Gasteiger partial charge in [-0.1, -0.05) is 6.92 Å². The maximum atomic E-state index is 10.2. The predicted octanol–water partition coefficient (Wildman–Crippen LogP) is 0.0577. The van der Waals surface area contributed by atoms with Gasteiger partial charge in [-0.15, -0.1) is 12.3 Å². The Labute approximate surface area is 60.2 Å². The Balaban J connectivity index is 4.05. The summed E-state index contributed by atoms with van der Waals surface area (Å²) < 4.78 is 0. The van der Waals surface area contributed by atoms with Gasteiger partial charge in [0.05, 0.1) is 0 Å². The summed E-state index contributed by atoms with van der Waals surface area (Å²) in [7, 11) is 0. The largest absolute Gasteiger partial charge is 0.480 e. The predicted molar refractivity (Wildman–Crippen MR) is 38.2 cm³/mol. The van der Waals surface area contributed by atoms with Crippen LogP contribution in [0.4, 0.5) is 0 Å². The first-order valence-corrected chi connectivity index (χ1v) is 3.08. The molecule has 0 unspecified atom stereocenters. The molecule has 0 heterocycles. The first-order valence-electron chi connectivity index (χ1n) is 3.08. The molecule has 0 aromatic carbocycles. The molecule has 0 bridgehead atoms. The summed E-state index contributed by atoms with van der Waals surface area (Å²) in [5.41, 5.74) is 5.24. The molecule has 0 saturated carbocycles. The number of carboxylic acids is 1. The zero-order valence-electron chi connectivity index (χ0n) is 5.87. The molecule has 0 aliphatic rings. The highest BCUT2D eigenvalue weighted by molar-refractivity contribution is 5.74. The van der Waals surface area contributed by atoms with Crippen molar-refractivity contribution in [2.24, 2.45) is 11.7 Å². The number of nitrogens with two attached hydrogens (primary N) is 1. The first-order chi connectivity index (χ1) is 4.63. The minimum atomic E-state index is -1.04. The molecule has 0 radical (unpaired) electrons. The van der Waals surface area contributed by atoms with Crippen LogP contribution in [0.5, 0.6) is 0 Å². The van der Waals surface area contributed by atoms with Gasteiger partial charge in [0.2, 0.25) is 0 Å². The average Bonchev–Trinajstić information content (AvgIpc) is 1.90. The van der Waals surface area contributed by atoms with Crippen LogP contribution in [0.15, 0.2) is 0 Å². The zero-order chi connectivity index (χ0) is 8.15. The molecular weight excluding hydrogens is 130 g/mol. The Morgan fingerprint density at radius 1 is 1.90 bits per heavy atom. The van der Waals surface area contributed by atoms with Gasteiger partial charge in [0.15, 0.2) is 0 Å². The van der Waals surface area contributed by atoms with Gasteiger partial charge in [-0.05, 0) is 6.42 Å². The fraction of sp³-hybridized carbons (Fsp3) is 0.571. The van der Waals surface area contributed by atoms with Gasteiger partial charge in [0, 0.05) is 5.92 Å². The molecule has 0 rings (SSSR count). The number of aliphatic carboxylic acids is 1. The molecule has 3 nitrogen and oxygen atoms in total. The van der Waals surface area contributed by atoms with E-state index in [4.69, 9.17) is 17.3 Å². The molecule has 0 fully saturated rings. The van der Waals surface area contributed by atoms with E-state index in [9.17, 15) is 4.79 Å². The molecule has 0 aromatic heterocycles. The third-order valence-electron chi connectivity index (χ3n) is 1.37. The smallest absolute Gasteiger partial charge is 0.321 e. The second-order valence-corrected chi connectivity index (χ2v) is 2.05. The summed E-state index contributed by atoms with van der Waals surface area (Å²) in [5.74, 6) is 0.940. The van der Waals surface area contributed by atoms with Crippen molar-refractivity contribution < 1.29 is 9.90 Å². The molecule has 0 saturated heterocycles. The number of hydrogen-bond acceptors (Lipinski definition) is 2. The number of carbonyl (C=O) groups is 1. The lowest BCUT2D eigenvalue weighted by molar-refractivity contribution is -0.139. The molecule has 3 heteroatoms. The Morgan fingerprint density at radius 2 is 2.40 bits per heavy atom. The normalized spacial score (nSPS) is 15.3. The fourth-order valence-corrected chi connectivity index (χ4v) is 0.648. The maximum absolute atomic E-state index is 10.2. The zero-order valence-corrected chi connectivity index (χ0v) is 5.87. The molecule has 3 N–H and O–H groups in total. The van der Waals surface area contributed by atoms with Crippen LogP contribution >= 0.6 is 0 Å². The fourth-order valence-electron chi connectivity index (χ4n) is 0.648. The van der Waals surface area contributed by atoms with Crippen LogP contribution in [0.25, 0.3) is 0 Å². The van der Waals surface area contributed by atoms with Gasteiger partial charge in [-0.25, -0.2) is 0 Å². The summed E-state index contributed by atoms with van der Waals surface area (Å²) >= 11 is 0. The van der Waals surface area contributed by atoms with Crippen molar-refractivity contribution >= 4 is 5.97 Å². The minimum absolute atomic E-state index is 0.350. The van der Waals surface area contributed by atoms with Crippen molar-refractivity contribution in [2.75, 3.05) is 0 Å². The number of terminal acetylenes is 1. The molecule has 56 valence electrons.